The largest absolute Gasteiger partial charge is 0.449 e. The molecule has 0 atom stereocenters. The van der Waals surface area contributed by atoms with Crippen LogP contribution in [0.1, 0.15) is 10.6 Å². The van der Waals surface area contributed by atoms with Gasteiger partial charge in [0.05, 0.1) is 10.1 Å². The predicted octanol–water partition coefficient (Wildman–Crippen LogP) is 5.80. The maximum Gasteiger partial charge on any atom is 0.286 e. The zero-order chi connectivity index (χ0) is 20.7. The maximum atomic E-state index is 12.1. The Bertz CT molecular complexity index is 1470. The number of nitrogens with two attached hydrogens (primary N) is 1. The SMILES string of the molecule is [N-]=[N+]=NC(=O)c1oc2c(sc3nnc(-c4ccccc4)c(-c4ccccc4)c32)c1N. The predicted molar refractivity (Wildman–Crippen MR) is 116 cm³/mol. The second-order valence-corrected chi connectivity index (χ2v) is 7.43. The number of amides is 1. The van der Waals surface area contributed by atoms with Crippen LogP contribution in [0.5, 0.6) is 0 Å². The molecule has 144 valence electrons. The highest BCUT2D eigenvalue weighted by Crippen LogP contribution is 2.46. The summed E-state index contributed by atoms with van der Waals surface area (Å²) < 4.78 is 6.39. The Kier molecular flexibility index (Phi) is 4.17. The molecule has 9 heteroatoms. The van der Waals surface area contributed by atoms with Gasteiger partial charge in [-0.25, -0.2) is 0 Å². The molecule has 2 aromatic carbocycles. The van der Waals surface area contributed by atoms with Gasteiger partial charge in [0.2, 0.25) is 5.76 Å². The summed E-state index contributed by atoms with van der Waals surface area (Å²) >= 11 is 1.28. The molecule has 2 N–H and O–H groups in total. The van der Waals surface area contributed by atoms with Gasteiger partial charge in [0.25, 0.3) is 5.91 Å². The van der Waals surface area contributed by atoms with Crippen LogP contribution in [-0.2, 0) is 0 Å². The molecule has 1 amide bonds. The minimum Gasteiger partial charge on any atom is -0.449 e. The van der Waals surface area contributed by atoms with Gasteiger partial charge >= 0.3 is 0 Å². The van der Waals surface area contributed by atoms with Gasteiger partial charge in [-0.2, -0.15) is 0 Å². The quantitative estimate of drug-likeness (QED) is 0.227. The van der Waals surface area contributed by atoms with E-state index < -0.39 is 5.91 Å². The van der Waals surface area contributed by atoms with Crippen molar-refractivity contribution in [2.45, 2.75) is 0 Å². The number of nitrogens with zero attached hydrogens (tertiary/aromatic N) is 5. The van der Waals surface area contributed by atoms with E-state index in [1.54, 1.807) is 0 Å². The summed E-state index contributed by atoms with van der Waals surface area (Å²) in [6.45, 7) is 0. The highest BCUT2D eigenvalue weighted by molar-refractivity contribution is 7.26. The van der Waals surface area contributed by atoms with Crippen LogP contribution in [0.25, 0.3) is 53.3 Å². The van der Waals surface area contributed by atoms with Crippen molar-refractivity contribution in [3.8, 4) is 22.4 Å². The molecule has 5 aromatic rings. The number of carbonyl (C=O) groups is 1. The van der Waals surface area contributed by atoms with Crippen LogP contribution in [0.15, 0.2) is 70.2 Å². The monoisotopic (exact) mass is 412 g/mol. The van der Waals surface area contributed by atoms with E-state index in [-0.39, 0.29) is 11.4 Å². The Morgan fingerprint density at radius 3 is 2.37 bits per heavy atom. The molecule has 0 aliphatic rings. The van der Waals surface area contributed by atoms with Gasteiger partial charge in [0.1, 0.15) is 11.4 Å². The lowest BCUT2D eigenvalue weighted by molar-refractivity contribution is 0.0977. The third-order valence-corrected chi connectivity index (χ3v) is 5.79. The molecular weight excluding hydrogens is 400 g/mol. The van der Waals surface area contributed by atoms with Crippen molar-refractivity contribution in [2.75, 3.05) is 5.73 Å². The summed E-state index contributed by atoms with van der Waals surface area (Å²) in [5.41, 5.74) is 18.6. The molecule has 5 rings (SSSR count). The number of rotatable bonds is 3. The normalized spacial score (nSPS) is 10.9. The molecule has 8 nitrogen and oxygen atoms in total. The van der Waals surface area contributed by atoms with Gasteiger partial charge in [0, 0.05) is 16.0 Å². The Labute approximate surface area is 173 Å². The van der Waals surface area contributed by atoms with Gasteiger partial charge in [-0.1, -0.05) is 60.7 Å². The topological polar surface area (TPSA) is 131 Å². The Morgan fingerprint density at radius 1 is 1.03 bits per heavy atom. The molecular formula is C21H12N6O2S. The number of hydrogen-bond donors (Lipinski definition) is 1. The average molecular weight is 412 g/mol. The van der Waals surface area contributed by atoms with Crippen LogP contribution in [0.3, 0.4) is 0 Å². The minimum absolute atomic E-state index is 0.130. The second kappa shape index (κ2) is 7.00. The van der Waals surface area contributed by atoms with E-state index >= 15 is 0 Å². The van der Waals surface area contributed by atoms with Gasteiger partial charge in [0.15, 0.2) is 10.4 Å². The third-order valence-electron chi connectivity index (χ3n) is 4.71. The van der Waals surface area contributed by atoms with Crippen LogP contribution < -0.4 is 5.73 Å². The number of thiophene rings is 1. The number of azide groups is 1. The van der Waals surface area contributed by atoms with E-state index in [1.807, 2.05) is 60.7 Å². The molecule has 3 heterocycles. The highest BCUT2D eigenvalue weighted by Gasteiger charge is 2.26. The van der Waals surface area contributed by atoms with Crippen molar-refractivity contribution in [3.05, 3.63) is 76.9 Å². The van der Waals surface area contributed by atoms with Gasteiger partial charge in [-0.15, -0.1) is 21.5 Å². The summed E-state index contributed by atoms with van der Waals surface area (Å²) in [5.74, 6) is -1.04. The Balaban J connectivity index is 1.91. The van der Waals surface area contributed by atoms with Crippen molar-refractivity contribution in [3.63, 3.8) is 0 Å². The number of fused-ring (bicyclic) bond motifs is 3. The minimum atomic E-state index is -0.863. The van der Waals surface area contributed by atoms with E-state index in [2.05, 4.69) is 20.2 Å². The van der Waals surface area contributed by atoms with Crippen molar-refractivity contribution in [2.24, 2.45) is 5.11 Å². The van der Waals surface area contributed by atoms with Gasteiger partial charge < -0.3 is 10.2 Å². The summed E-state index contributed by atoms with van der Waals surface area (Å²) in [4.78, 5) is 15.3. The summed E-state index contributed by atoms with van der Waals surface area (Å²) in [5, 5.41) is 12.7. The van der Waals surface area contributed by atoms with E-state index in [9.17, 15) is 4.79 Å². The van der Waals surface area contributed by atoms with E-state index in [1.165, 1.54) is 11.3 Å². The number of aromatic nitrogens is 2. The molecule has 0 saturated heterocycles. The summed E-state index contributed by atoms with van der Waals surface area (Å²) in [6.07, 6.45) is 0. The zero-order valence-corrected chi connectivity index (χ0v) is 16.1. The lowest BCUT2D eigenvalue weighted by Gasteiger charge is -2.10. The van der Waals surface area contributed by atoms with Crippen LogP contribution in [-0.4, -0.2) is 16.1 Å². The highest BCUT2D eigenvalue weighted by atomic mass is 32.1. The number of nitrogen functional groups attached to an aromatic ring is 1. The average Bonchev–Trinajstić information content (AvgIpc) is 3.31. The number of furan rings is 1. The zero-order valence-electron chi connectivity index (χ0n) is 15.3. The molecule has 0 fully saturated rings. The molecule has 0 saturated carbocycles. The number of hydrogen-bond acceptors (Lipinski definition) is 6. The summed E-state index contributed by atoms with van der Waals surface area (Å²) in [6, 6.07) is 19.5. The smallest absolute Gasteiger partial charge is 0.286 e. The van der Waals surface area contributed by atoms with Crippen molar-refractivity contribution in [1.82, 2.24) is 10.2 Å². The van der Waals surface area contributed by atoms with Crippen LogP contribution in [0, 0.1) is 0 Å². The fourth-order valence-electron chi connectivity index (χ4n) is 3.42. The first-order valence-corrected chi connectivity index (χ1v) is 9.72. The second-order valence-electron chi connectivity index (χ2n) is 6.44. The first kappa shape index (κ1) is 17.9. The molecule has 0 aliphatic heterocycles. The lowest BCUT2D eigenvalue weighted by Crippen LogP contribution is -1.96. The first-order valence-electron chi connectivity index (χ1n) is 8.90. The maximum absolute atomic E-state index is 12.1. The van der Waals surface area contributed by atoms with Crippen LogP contribution >= 0.6 is 11.3 Å². The van der Waals surface area contributed by atoms with Gasteiger partial charge in [-0.3, -0.25) is 4.79 Å². The standard InChI is InChI=1S/C21H12N6O2S/c22-15-18(20(28)25-27-23)29-17-14-13(11-7-3-1-4-8-11)16(12-9-5-2-6-10-12)24-26-21(14)30-19(15)17/h1-10H,22H2. The molecule has 0 unspecified atom stereocenters. The molecule has 0 aliphatic carbocycles. The first-order chi connectivity index (χ1) is 14.7. The Morgan fingerprint density at radius 2 is 1.70 bits per heavy atom. The van der Waals surface area contributed by atoms with Crippen molar-refractivity contribution >= 4 is 43.4 Å². The number of anilines is 1. The van der Waals surface area contributed by atoms with Crippen molar-refractivity contribution in [1.29, 1.82) is 0 Å². The fourth-order valence-corrected chi connectivity index (χ4v) is 4.43. The van der Waals surface area contributed by atoms with E-state index in [0.717, 1.165) is 16.7 Å². The summed E-state index contributed by atoms with van der Waals surface area (Å²) in [7, 11) is 0. The van der Waals surface area contributed by atoms with Crippen LogP contribution in [0.2, 0.25) is 0 Å². The number of benzene rings is 2. The lowest BCUT2D eigenvalue weighted by atomic mass is 9.97. The molecule has 0 spiro atoms. The third kappa shape index (κ3) is 2.69. The van der Waals surface area contributed by atoms with Crippen molar-refractivity contribution < 1.29 is 9.21 Å². The molecule has 30 heavy (non-hydrogen) atoms. The molecule has 0 bridgehead atoms. The Hall–Kier alpha value is -4.20. The van der Waals surface area contributed by atoms with Crippen LogP contribution in [0.4, 0.5) is 5.69 Å². The van der Waals surface area contributed by atoms with Gasteiger partial charge in [-0.05, 0) is 16.2 Å². The number of carbonyl (C=O) groups excluding carboxylic acids is 1. The molecule has 3 aromatic heterocycles. The molecule has 0 radical (unpaired) electrons. The fraction of sp³-hybridized carbons (Fsp3) is 0. The van der Waals surface area contributed by atoms with E-state index in [0.29, 0.717) is 26.2 Å². The van der Waals surface area contributed by atoms with E-state index in [4.69, 9.17) is 15.7 Å².